The van der Waals surface area contributed by atoms with Gasteiger partial charge >= 0.3 is 5.97 Å². The smallest absolute Gasteiger partial charge is 0.312 e. The van der Waals surface area contributed by atoms with Crippen molar-refractivity contribution in [2.75, 3.05) is 27.4 Å². The largest absolute Gasteiger partial charge is 0.497 e. The number of nitrogens with one attached hydrogen (secondary N) is 2. The average Bonchev–Trinajstić information content (AvgIpc) is 2.96. The van der Waals surface area contributed by atoms with Crippen LogP contribution in [0.15, 0.2) is 18.2 Å². The van der Waals surface area contributed by atoms with Crippen LogP contribution in [0.5, 0.6) is 11.5 Å². The SMILES string of the molecule is CCOC(=O)C1CNNC1c1cc(OC)cc(OC)c1. The molecule has 0 spiro atoms. The van der Waals surface area contributed by atoms with Crippen molar-refractivity contribution in [3.05, 3.63) is 23.8 Å². The molecule has 1 heterocycles. The molecule has 1 aliphatic heterocycles. The van der Waals surface area contributed by atoms with Gasteiger partial charge in [-0.3, -0.25) is 10.2 Å². The molecular weight excluding hydrogens is 260 g/mol. The number of rotatable bonds is 5. The minimum Gasteiger partial charge on any atom is -0.497 e. The molecule has 1 fully saturated rings. The van der Waals surface area contributed by atoms with Gasteiger partial charge < -0.3 is 14.2 Å². The predicted octanol–water partition coefficient (Wildman–Crippen LogP) is 1.03. The zero-order valence-electron chi connectivity index (χ0n) is 11.9. The maximum Gasteiger partial charge on any atom is 0.312 e. The molecule has 6 heteroatoms. The minimum atomic E-state index is -0.272. The van der Waals surface area contributed by atoms with E-state index in [2.05, 4.69) is 10.9 Å². The third-order valence-electron chi connectivity index (χ3n) is 3.30. The topological polar surface area (TPSA) is 68.8 Å². The van der Waals surface area contributed by atoms with Crippen molar-refractivity contribution < 1.29 is 19.0 Å². The normalized spacial score (nSPS) is 21.6. The van der Waals surface area contributed by atoms with E-state index in [-0.39, 0.29) is 17.9 Å². The van der Waals surface area contributed by atoms with Crippen molar-refractivity contribution in [2.24, 2.45) is 5.92 Å². The van der Waals surface area contributed by atoms with Crippen molar-refractivity contribution in [3.8, 4) is 11.5 Å². The Morgan fingerprint density at radius 1 is 1.25 bits per heavy atom. The molecule has 2 atom stereocenters. The Labute approximate surface area is 118 Å². The van der Waals surface area contributed by atoms with E-state index in [1.165, 1.54) is 0 Å². The van der Waals surface area contributed by atoms with Gasteiger partial charge in [0.2, 0.25) is 0 Å². The van der Waals surface area contributed by atoms with E-state index in [1.807, 2.05) is 12.1 Å². The molecule has 2 unspecified atom stereocenters. The molecule has 0 radical (unpaired) electrons. The molecule has 2 N–H and O–H groups in total. The van der Waals surface area contributed by atoms with Crippen molar-refractivity contribution in [1.29, 1.82) is 0 Å². The Morgan fingerprint density at radius 3 is 2.45 bits per heavy atom. The number of carbonyl (C=O) groups excluding carboxylic acids is 1. The Bertz CT molecular complexity index is 456. The lowest BCUT2D eigenvalue weighted by Gasteiger charge is -2.18. The van der Waals surface area contributed by atoms with Gasteiger partial charge in [-0.05, 0) is 24.6 Å². The van der Waals surface area contributed by atoms with Crippen LogP contribution in [-0.4, -0.2) is 33.3 Å². The highest BCUT2D eigenvalue weighted by molar-refractivity contribution is 5.74. The van der Waals surface area contributed by atoms with Crippen molar-refractivity contribution in [2.45, 2.75) is 13.0 Å². The van der Waals surface area contributed by atoms with Crippen LogP contribution in [0.3, 0.4) is 0 Å². The van der Waals surface area contributed by atoms with Crippen LogP contribution in [0.1, 0.15) is 18.5 Å². The third kappa shape index (κ3) is 3.02. The van der Waals surface area contributed by atoms with Gasteiger partial charge in [-0.25, -0.2) is 5.43 Å². The summed E-state index contributed by atoms with van der Waals surface area (Å²) in [4.78, 5) is 12.0. The summed E-state index contributed by atoms with van der Waals surface area (Å²) in [6, 6.07) is 5.41. The zero-order valence-corrected chi connectivity index (χ0v) is 11.9. The average molecular weight is 280 g/mol. The van der Waals surface area contributed by atoms with Crippen molar-refractivity contribution in [3.63, 3.8) is 0 Å². The van der Waals surface area contributed by atoms with Crippen LogP contribution in [0.2, 0.25) is 0 Å². The number of ether oxygens (including phenoxy) is 3. The maximum atomic E-state index is 12.0. The van der Waals surface area contributed by atoms with E-state index in [9.17, 15) is 4.79 Å². The van der Waals surface area contributed by atoms with Crippen LogP contribution >= 0.6 is 0 Å². The van der Waals surface area contributed by atoms with Gasteiger partial charge in [-0.15, -0.1) is 0 Å². The van der Waals surface area contributed by atoms with Gasteiger partial charge in [-0.1, -0.05) is 0 Å². The Hall–Kier alpha value is -1.79. The van der Waals surface area contributed by atoms with E-state index in [0.717, 1.165) is 5.56 Å². The first-order valence-corrected chi connectivity index (χ1v) is 6.57. The fourth-order valence-corrected chi connectivity index (χ4v) is 2.29. The molecular formula is C14H20N2O4. The lowest BCUT2D eigenvalue weighted by atomic mass is 9.94. The highest BCUT2D eigenvalue weighted by Crippen LogP contribution is 2.32. The number of esters is 1. The summed E-state index contributed by atoms with van der Waals surface area (Å²) >= 11 is 0. The van der Waals surface area contributed by atoms with E-state index in [1.54, 1.807) is 27.2 Å². The predicted molar refractivity (Wildman–Crippen MR) is 73.5 cm³/mol. The highest BCUT2D eigenvalue weighted by atomic mass is 16.5. The maximum absolute atomic E-state index is 12.0. The molecule has 1 aliphatic rings. The molecule has 20 heavy (non-hydrogen) atoms. The van der Waals surface area contributed by atoms with Gasteiger partial charge in [0.1, 0.15) is 11.5 Å². The molecule has 0 bridgehead atoms. The number of carbonyl (C=O) groups is 1. The number of methoxy groups -OCH3 is 2. The summed E-state index contributed by atoms with van der Waals surface area (Å²) in [6.07, 6.45) is 0. The second-order valence-corrected chi connectivity index (χ2v) is 4.51. The molecule has 0 amide bonds. The van der Waals surface area contributed by atoms with Crippen LogP contribution in [0, 0.1) is 5.92 Å². The van der Waals surface area contributed by atoms with Crippen molar-refractivity contribution in [1.82, 2.24) is 10.9 Å². The second-order valence-electron chi connectivity index (χ2n) is 4.51. The van der Waals surface area contributed by atoms with Crippen LogP contribution in [-0.2, 0) is 9.53 Å². The molecule has 0 aliphatic carbocycles. The fourth-order valence-electron chi connectivity index (χ4n) is 2.29. The molecule has 1 saturated heterocycles. The Balaban J connectivity index is 2.27. The molecule has 110 valence electrons. The van der Waals surface area contributed by atoms with E-state index in [0.29, 0.717) is 24.7 Å². The number of benzene rings is 1. The summed E-state index contributed by atoms with van der Waals surface area (Å²) in [5.41, 5.74) is 7.03. The van der Waals surface area contributed by atoms with Gasteiger partial charge in [0, 0.05) is 12.6 Å². The molecule has 0 aromatic heterocycles. The quantitative estimate of drug-likeness (QED) is 0.785. The van der Waals surface area contributed by atoms with E-state index >= 15 is 0 Å². The first-order chi connectivity index (χ1) is 9.69. The number of hydrogen-bond acceptors (Lipinski definition) is 6. The molecule has 1 aromatic rings. The van der Waals surface area contributed by atoms with Crippen LogP contribution < -0.4 is 20.3 Å². The Morgan fingerprint density at radius 2 is 1.90 bits per heavy atom. The summed E-state index contributed by atoms with van der Waals surface area (Å²) in [7, 11) is 3.20. The van der Waals surface area contributed by atoms with Crippen LogP contribution in [0.4, 0.5) is 0 Å². The van der Waals surface area contributed by atoms with Crippen molar-refractivity contribution >= 4 is 5.97 Å². The number of hydrazine groups is 1. The lowest BCUT2D eigenvalue weighted by molar-refractivity contribution is -0.147. The van der Waals surface area contributed by atoms with E-state index in [4.69, 9.17) is 14.2 Å². The second kappa shape index (κ2) is 6.58. The summed E-state index contributed by atoms with van der Waals surface area (Å²) < 4.78 is 15.6. The van der Waals surface area contributed by atoms with Gasteiger partial charge in [0.15, 0.2) is 0 Å². The minimum absolute atomic E-state index is 0.168. The lowest BCUT2D eigenvalue weighted by Crippen LogP contribution is -2.27. The molecule has 0 saturated carbocycles. The van der Waals surface area contributed by atoms with Crippen LogP contribution in [0.25, 0.3) is 0 Å². The highest BCUT2D eigenvalue weighted by Gasteiger charge is 2.35. The fraction of sp³-hybridized carbons (Fsp3) is 0.500. The Kier molecular flexibility index (Phi) is 4.81. The number of hydrogen-bond donors (Lipinski definition) is 2. The molecule has 2 rings (SSSR count). The zero-order chi connectivity index (χ0) is 14.5. The van der Waals surface area contributed by atoms with Gasteiger partial charge in [-0.2, -0.15) is 0 Å². The molecule has 6 nitrogen and oxygen atoms in total. The monoisotopic (exact) mass is 280 g/mol. The van der Waals surface area contributed by atoms with Gasteiger partial charge in [0.25, 0.3) is 0 Å². The first-order valence-electron chi connectivity index (χ1n) is 6.57. The standard InChI is InChI=1S/C14H20N2O4/c1-4-20-14(17)12-8-15-16-13(12)9-5-10(18-2)7-11(6-9)19-3/h5-7,12-13,15-16H,4,8H2,1-3H3. The summed E-state index contributed by atoms with van der Waals surface area (Å²) in [5, 5.41) is 0. The van der Waals surface area contributed by atoms with Gasteiger partial charge in [0.05, 0.1) is 32.8 Å². The third-order valence-corrected chi connectivity index (χ3v) is 3.30. The van der Waals surface area contributed by atoms with E-state index < -0.39 is 0 Å². The first kappa shape index (κ1) is 14.6. The summed E-state index contributed by atoms with van der Waals surface area (Å²) in [5.74, 6) is 0.898. The molecule has 1 aromatic carbocycles. The summed E-state index contributed by atoms with van der Waals surface area (Å²) in [6.45, 7) is 2.71.